The number of anilines is 1. The van der Waals surface area contributed by atoms with Gasteiger partial charge < -0.3 is 15.4 Å². The van der Waals surface area contributed by atoms with Crippen molar-refractivity contribution >= 4 is 21.6 Å². The van der Waals surface area contributed by atoms with Crippen LogP contribution in [0.25, 0.3) is 0 Å². The van der Waals surface area contributed by atoms with E-state index in [2.05, 4.69) is 0 Å². The van der Waals surface area contributed by atoms with E-state index in [1.807, 2.05) is 6.92 Å². The molecule has 2 rings (SSSR count). The monoisotopic (exact) mass is 341 g/mol. The van der Waals surface area contributed by atoms with E-state index in [1.54, 1.807) is 30.1 Å². The van der Waals surface area contributed by atoms with Crippen molar-refractivity contribution in [1.29, 1.82) is 0 Å². The molecule has 0 bridgehead atoms. The van der Waals surface area contributed by atoms with Gasteiger partial charge in [0.15, 0.2) is 0 Å². The molecule has 2 N–H and O–H groups in total. The van der Waals surface area contributed by atoms with E-state index in [1.165, 1.54) is 11.4 Å². The summed E-state index contributed by atoms with van der Waals surface area (Å²) >= 11 is 0. The lowest BCUT2D eigenvalue weighted by atomic mass is 10.0. The number of hydrogen-bond donors (Lipinski definition) is 1. The number of sulfonamides is 1. The van der Waals surface area contributed by atoms with E-state index in [4.69, 9.17) is 10.5 Å². The lowest BCUT2D eigenvalue weighted by Gasteiger charge is -2.34. The predicted octanol–water partition coefficient (Wildman–Crippen LogP) is 0.629. The second-order valence-electron chi connectivity index (χ2n) is 6.12. The van der Waals surface area contributed by atoms with E-state index in [-0.39, 0.29) is 24.5 Å². The van der Waals surface area contributed by atoms with E-state index in [0.29, 0.717) is 23.5 Å². The maximum absolute atomic E-state index is 12.5. The molecule has 1 aliphatic rings. The van der Waals surface area contributed by atoms with Crippen LogP contribution in [0.3, 0.4) is 0 Å². The summed E-state index contributed by atoms with van der Waals surface area (Å²) in [6.45, 7) is 2.62. The Bertz CT molecular complexity index is 705. The van der Waals surface area contributed by atoms with Crippen LogP contribution in [0.1, 0.15) is 17.3 Å². The van der Waals surface area contributed by atoms with Gasteiger partial charge in [0.25, 0.3) is 5.91 Å². The number of fused-ring (bicyclic) bond motifs is 1. The van der Waals surface area contributed by atoms with Gasteiger partial charge in [0.1, 0.15) is 11.9 Å². The summed E-state index contributed by atoms with van der Waals surface area (Å²) in [5.74, 6) is 0.238. The first kappa shape index (κ1) is 17.6. The maximum atomic E-state index is 12.5. The minimum atomic E-state index is -3.30. The SMILES string of the molecule is C[C@H]1CN(C)C(=O)c2cc(N)ccc2O[C@H]1CN(C)S(C)(=O)=O. The fourth-order valence-electron chi connectivity index (χ4n) is 2.54. The Balaban J connectivity index is 2.37. The summed E-state index contributed by atoms with van der Waals surface area (Å²) in [5.41, 5.74) is 6.64. The van der Waals surface area contributed by atoms with Crippen LogP contribution < -0.4 is 10.5 Å². The van der Waals surface area contributed by atoms with Gasteiger partial charge in [-0.3, -0.25) is 4.79 Å². The number of carbonyl (C=O) groups excluding carboxylic acids is 1. The molecule has 2 atom stereocenters. The van der Waals surface area contributed by atoms with Crippen molar-refractivity contribution < 1.29 is 17.9 Å². The zero-order chi connectivity index (χ0) is 17.4. The minimum absolute atomic E-state index is 0.0288. The molecule has 1 heterocycles. The maximum Gasteiger partial charge on any atom is 0.257 e. The largest absolute Gasteiger partial charge is 0.488 e. The normalized spacial score (nSPS) is 22.3. The number of carbonyl (C=O) groups is 1. The van der Waals surface area contributed by atoms with Gasteiger partial charge in [-0.2, -0.15) is 0 Å². The molecule has 0 radical (unpaired) electrons. The molecule has 1 aromatic carbocycles. The number of ether oxygens (including phenoxy) is 1. The first-order chi connectivity index (χ1) is 10.6. The summed E-state index contributed by atoms with van der Waals surface area (Å²) in [4.78, 5) is 14.1. The molecular formula is C15H23N3O4S. The minimum Gasteiger partial charge on any atom is -0.488 e. The first-order valence-electron chi connectivity index (χ1n) is 7.32. The van der Waals surface area contributed by atoms with E-state index < -0.39 is 10.0 Å². The zero-order valence-corrected chi connectivity index (χ0v) is 14.6. The van der Waals surface area contributed by atoms with E-state index in [9.17, 15) is 13.2 Å². The topological polar surface area (TPSA) is 92.9 Å². The van der Waals surface area contributed by atoms with Crippen LogP contribution in [0.2, 0.25) is 0 Å². The third-order valence-electron chi connectivity index (χ3n) is 4.06. The quantitative estimate of drug-likeness (QED) is 0.814. The molecule has 1 amide bonds. The number of nitrogens with zero attached hydrogens (tertiary/aromatic N) is 2. The standard InChI is InChI=1S/C15H23N3O4S/c1-10-8-17(2)15(19)12-7-11(16)5-6-13(12)22-14(10)9-18(3)23(4,20)21/h5-7,10,14H,8-9,16H2,1-4H3/t10-,14-/m0/s1. The Kier molecular flexibility index (Phi) is 4.86. The fraction of sp³-hybridized carbons (Fsp3) is 0.533. The highest BCUT2D eigenvalue weighted by Gasteiger charge is 2.31. The Morgan fingerprint density at radius 3 is 2.70 bits per heavy atom. The van der Waals surface area contributed by atoms with Crippen LogP contribution in [-0.2, 0) is 10.0 Å². The lowest BCUT2D eigenvalue weighted by Crippen LogP contribution is -2.46. The molecule has 1 aromatic rings. The summed E-state index contributed by atoms with van der Waals surface area (Å²) in [6.07, 6.45) is 0.790. The Hall–Kier alpha value is -1.80. The van der Waals surface area contributed by atoms with Crippen LogP contribution in [0, 0.1) is 5.92 Å². The van der Waals surface area contributed by atoms with Crippen LogP contribution in [0.15, 0.2) is 18.2 Å². The van der Waals surface area contributed by atoms with Gasteiger partial charge in [0, 0.05) is 32.2 Å². The number of nitrogens with two attached hydrogens (primary N) is 1. The molecule has 23 heavy (non-hydrogen) atoms. The second-order valence-corrected chi connectivity index (χ2v) is 8.21. The molecule has 0 aromatic heterocycles. The lowest BCUT2D eigenvalue weighted by molar-refractivity contribution is 0.0605. The Labute approximate surface area is 137 Å². The highest BCUT2D eigenvalue weighted by Crippen LogP contribution is 2.28. The van der Waals surface area contributed by atoms with Gasteiger partial charge in [-0.1, -0.05) is 6.92 Å². The molecule has 0 fully saturated rings. The highest BCUT2D eigenvalue weighted by molar-refractivity contribution is 7.88. The third kappa shape index (κ3) is 3.94. The van der Waals surface area contributed by atoms with Crippen molar-refractivity contribution in [2.75, 3.05) is 39.2 Å². The zero-order valence-electron chi connectivity index (χ0n) is 13.8. The average Bonchev–Trinajstić information content (AvgIpc) is 2.45. The first-order valence-corrected chi connectivity index (χ1v) is 9.17. The Morgan fingerprint density at radius 2 is 2.09 bits per heavy atom. The van der Waals surface area contributed by atoms with Crippen molar-refractivity contribution in [3.63, 3.8) is 0 Å². The Morgan fingerprint density at radius 1 is 1.43 bits per heavy atom. The van der Waals surface area contributed by atoms with Crippen LogP contribution in [0.4, 0.5) is 5.69 Å². The smallest absolute Gasteiger partial charge is 0.257 e. The van der Waals surface area contributed by atoms with Gasteiger partial charge in [0.05, 0.1) is 18.4 Å². The van der Waals surface area contributed by atoms with Crippen molar-refractivity contribution in [1.82, 2.24) is 9.21 Å². The molecule has 0 saturated heterocycles. The molecule has 1 aliphatic heterocycles. The average molecular weight is 341 g/mol. The van der Waals surface area contributed by atoms with Gasteiger partial charge in [-0.25, -0.2) is 12.7 Å². The van der Waals surface area contributed by atoms with Crippen molar-refractivity contribution in [2.45, 2.75) is 13.0 Å². The number of nitrogen functional groups attached to an aromatic ring is 1. The van der Waals surface area contributed by atoms with Crippen LogP contribution >= 0.6 is 0 Å². The van der Waals surface area contributed by atoms with Gasteiger partial charge in [-0.15, -0.1) is 0 Å². The van der Waals surface area contributed by atoms with Crippen LogP contribution in [0.5, 0.6) is 5.75 Å². The number of rotatable bonds is 3. The molecule has 0 aliphatic carbocycles. The van der Waals surface area contributed by atoms with Gasteiger partial charge in [-0.05, 0) is 18.2 Å². The summed E-state index contributed by atoms with van der Waals surface area (Å²) in [5, 5.41) is 0. The molecular weight excluding hydrogens is 318 g/mol. The summed E-state index contributed by atoms with van der Waals surface area (Å²) < 4.78 is 30.6. The predicted molar refractivity (Wildman–Crippen MR) is 88.9 cm³/mol. The summed E-state index contributed by atoms with van der Waals surface area (Å²) in [7, 11) is -0.0687. The van der Waals surface area contributed by atoms with Crippen molar-refractivity contribution in [2.24, 2.45) is 5.92 Å². The molecule has 8 heteroatoms. The number of likely N-dealkylation sites (N-methyl/N-ethyl adjacent to an activating group) is 1. The van der Waals surface area contributed by atoms with E-state index in [0.717, 1.165) is 6.26 Å². The van der Waals surface area contributed by atoms with E-state index >= 15 is 0 Å². The molecule has 7 nitrogen and oxygen atoms in total. The van der Waals surface area contributed by atoms with Gasteiger partial charge in [0.2, 0.25) is 10.0 Å². The molecule has 0 saturated carbocycles. The number of benzene rings is 1. The number of hydrogen-bond acceptors (Lipinski definition) is 5. The highest BCUT2D eigenvalue weighted by atomic mass is 32.2. The van der Waals surface area contributed by atoms with Crippen LogP contribution in [-0.4, -0.2) is 63.1 Å². The second kappa shape index (κ2) is 6.37. The summed E-state index contributed by atoms with van der Waals surface area (Å²) in [6, 6.07) is 4.90. The molecule has 0 spiro atoms. The van der Waals surface area contributed by atoms with Crippen molar-refractivity contribution in [3.05, 3.63) is 23.8 Å². The molecule has 0 unspecified atom stereocenters. The van der Waals surface area contributed by atoms with Crippen molar-refractivity contribution in [3.8, 4) is 5.75 Å². The van der Waals surface area contributed by atoms with Gasteiger partial charge >= 0.3 is 0 Å². The number of amides is 1. The fourth-order valence-corrected chi connectivity index (χ4v) is 2.96. The molecule has 128 valence electrons. The third-order valence-corrected chi connectivity index (χ3v) is 5.34.